The minimum Gasteiger partial charge on any atom is -0.444 e. The Labute approximate surface area is 121 Å². The van der Waals surface area contributed by atoms with Crippen LogP contribution in [0.2, 0.25) is 0 Å². The van der Waals surface area contributed by atoms with E-state index >= 15 is 0 Å². The van der Waals surface area contributed by atoms with Crippen molar-refractivity contribution in [3.05, 3.63) is 0 Å². The predicted octanol–water partition coefficient (Wildman–Crippen LogP) is 2.17. The first-order chi connectivity index (χ1) is 9.38. The van der Waals surface area contributed by atoms with Crippen molar-refractivity contribution >= 4 is 6.09 Å². The maximum atomic E-state index is 12.3. The van der Waals surface area contributed by atoms with Gasteiger partial charge >= 0.3 is 6.09 Å². The van der Waals surface area contributed by atoms with E-state index in [2.05, 4.69) is 0 Å². The molecule has 1 aliphatic carbocycles. The third kappa shape index (κ3) is 3.85. The number of ether oxygens (including phenoxy) is 2. The molecular formula is C15H27NO4. The summed E-state index contributed by atoms with van der Waals surface area (Å²) in [6.45, 7) is 7.20. The van der Waals surface area contributed by atoms with E-state index in [1.807, 2.05) is 20.8 Å². The third-order valence-electron chi connectivity index (χ3n) is 4.07. The highest BCUT2D eigenvalue weighted by Gasteiger charge is 2.39. The average molecular weight is 285 g/mol. The Kier molecular flexibility index (Phi) is 4.91. The van der Waals surface area contributed by atoms with Crippen molar-refractivity contribution < 1.29 is 19.4 Å². The number of morpholine rings is 1. The monoisotopic (exact) mass is 285 g/mol. The van der Waals surface area contributed by atoms with Gasteiger partial charge in [0.15, 0.2) is 0 Å². The Morgan fingerprint density at radius 1 is 1.30 bits per heavy atom. The number of amides is 1. The van der Waals surface area contributed by atoms with Crippen molar-refractivity contribution in [3.63, 3.8) is 0 Å². The zero-order valence-corrected chi connectivity index (χ0v) is 12.8. The van der Waals surface area contributed by atoms with Crippen molar-refractivity contribution in [1.29, 1.82) is 0 Å². The summed E-state index contributed by atoms with van der Waals surface area (Å²) in [6.07, 6.45) is 3.33. The standard InChI is InChI=1S/C15H27NO4/c1-15(2,3)20-14(18)16-8-9-19-10-12(16)11-6-4-5-7-13(11)17/h11-13,17H,4-10H2,1-3H3. The fourth-order valence-electron chi connectivity index (χ4n) is 3.11. The van der Waals surface area contributed by atoms with Crippen LogP contribution >= 0.6 is 0 Å². The lowest BCUT2D eigenvalue weighted by Gasteiger charge is -2.43. The lowest BCUT2D eigenvalue weighted by atomic mass is 9.81. The van der Waals surface area contributed by atoms with E-state index in [0.717, 1.165) is 25.7 Å². The van der Waals surface area contributed by atoms with Crippen LogP contribution in [0.25, 0.3) is 0 Å². The minimum atomic E-state index is -0.495. The smallest absolute Gasteiger partial charge is 0.410 e. The summed E-state index contributed by atoms with van der Waals surface area (Å²) in [6, 6.07) is -0.0612. The molecule has 20 heavy (non-hydrogen) atoms. The fourth-order valence-corrected chi connectivity index (χ4v) is 3.11. The normalized spacial score (nSPS) is 32.0. The number of aliphatic hydroxyl groups excluding tert-OH is 1. The van der Waals surface area contributed by atoms with Gasteiger partial charge in [0.25, 0.3) is 0 Å². The van der Waals surface area contributed by atoms with E-state index in [1.54, 1.807) is 4.90 Å². The van der Waals surface area contributed by atoms with Crippen LogP contribution in [-0.2, 0) is 9.47 Å². The molecule has 0 bridgehead atoms. The molecule has 0 aromatic rings. The van der Waals surface area contributed by atoms with Crippen LogP contribution in [-0.4, -0.2) is 53.6 Å². The summed E-state index contributed by atoms with van der Waals surface area (Å²) in [4.78, 5) is 14.1. The van der Waals surface area contributed by atoms with Gasteiger partial charge in [-0.25, -0.2) is 4.79 Å². The van der Waals surface area contributed by atoms with Crippen LogP contribution in [0.15, 0.2) is 0 Å². The number of carbonyl (C=O) groups excluding carboxylic acids is 1. The van der Waals surface area contributed by atoms with Gasteiger partial charge in [-0.1, -0.05) is 12.8 Å². The second kappa shape index (κ2) is 6.31. The zero-order chi connectivity index (χ0) is 14.8. The van der Waals surface area contributed by atoms with E-state index < -0.39 is 5.60 Å². The van der Waals surface area contributed by atoms with Crippen molar-refractivity contribution in [1.82, 2.24) is 4.90 Å². The van der Waals surface area contributed by atoms with Crippen molar-refractivity contribution in [2.24, 2.45) is 5.92 Å². The Hall–Kier alpha value is -0.810. The van der Waals surface area contributed by atoms with E-state index in [1.165, 1.54) is 0 Å². The molecule has 1 saturated carbocycles. The Balaban J connectivity index is 2.06. The second-order valence-corrected chi connectivity index (χ2v) is 6.83. The topological polar surface area (TPSA) is 59.0 Å². The molecule has 0 aromatic heterocycles. The highest BCUT2D eigenvalue weighted by molar-refractivity contribution is 5.68. The second-order valence-electron chi connectivity index (χ2n) is 6.83. The molecule has 116 valence electrons. The number of nitrogens with zero attached hydrogens (tertiary/aromatic N) is 1. The van der Waals surface area contributed by atoms with Crippen LogP contribution in [0, 0.1) is 5.92 Å². The first-order valence-electron chi connectivity index (χ1n) is 7.64. The minimum absolute atomic E-state index is 0.0612. The molecule has 0 spiro atoms. The van der Waals surface area contributed by atoms with Crippen molar-refractivity contribution in [3.8, 4) is 0 Å². The van der Waals surface area contributed by atoms with Crippen LogP contribution in [0.5, 0.6) is 0 Å². The molecule has 1 amide bonds. The molecule has 0 radical (unpaired) electrons. The van der Waals surface area contributed by atoms with Gasteiger partial charge in [0.1, 0.15) is 5.60 Å². The summed E-state index contributed by atoms with van der Waals surface area (Å²) < 4.78 is 11.0. The summed E-state index contributed by atoms with van der Waals surface area (Å²) in [5.74, 6) is 0.108. The highest BCUT2D eigenvalue weighted by Crippen LogP contribution is 2.31. The molecule has 1 N–H and O–H groups in total. The number of hydrogen-bond donors (Lipinski definition) is 1. The SMILES string of the molecule is CC(C)(C)OC(=O)N1CCOCC1C1CCCCC1O. The molecular weight excluding hydrogens is 258 g/mol. The Bertz CT molecular complexity index is 339. The molecule has 2 aliphatic rings. The van der Waals surface area contributed by atoms with E-state index in [9.17, 15) is 9.90 Å². The summed E-state index contributed by atoms with van der Waals surface area (Å²) in [5, 5.41) is 10.2. The molecule has 5 heteroatoms. The fraction of sp³-hybridized carbons (Fsp3) is 0.933. The van der Waals surface area contributed by atoms with E-state index in [0.29, 0.717) is 19.8 Å². The molecule has 3 atom stereocenters. The van der Waals surface area contributed by atoms with Gasteiger partial charge < -0.3 is 19.5 Å². The van der Waals surface area contributed by atoms with Crippen LogP contribution in [0.3, 0.4) is 0 Å². The van der Waals surface area contributed by atoms with Crippen molar-refractivity contribution in [2.45, 2.75) is 64.2 Å². The van der Waals surface area contributed by atoms with Gasteiger partial charge in [-0.15, -0.1) is 0 Å². The molecule has 2 rings (SSSR count). The van der Waals surface area contributed by atoms with Gasteiger partial charge in [-0.05, 0) is 33.6 Å². The molecule has 0 aromatic carbocycles. The van der Waals surface area contributed by atoms with E-state index in [4.69, 9.17) is 9.47 Å². The highest BCUT2D eigenvalue weighted by atomic mass is 16.6. The summed E-state index contributed by atoms with van der Waals surface area (Å²) in [5.41, 5.74) is -0.495. The summed E-state index contributed by atoms with van der Waals surface area (Å²) in [7, 11) is 0. The van der Waals surface area contributed by atoms with Gasteiger partial charge in [-0.2, -0.15) is 0 Å². The largest absolute Gasteiger partial charge is 0.444 e. The Morgan fingerprint density at radius 3 is 2.65 bits per heavy atom. The van der Waals surface area contributed by atoms with Gasteiger partial charge in [-0.3, -0.25) is 0 Å². The first kappa shape index (κ1) is 15.6. The number of hydrogen-bond acceptors (Lipinski definition) is 4. The quantitative estimate of drug-likeness (QED) is 0.802. The Morgan fingerprint density at radius 2 is 2.00 bits per heavy atom. The van der Waals surface area contributed by atoms with Crippen molar-refractivity contribution in [2.75, 3.05) is 19.8 Å². The van der Waals surface area contributed by atoms with E-state index in [-0.39, 0.29) is 24.2 Å². The molecule has 1 saturated heterocycles. The molecule has 1 aliphatic heterocycles. The first-order valence-corrected chi connectivity index (χ1v) is 7.64. The van der Waals surface area contributed by atoms with Crippen LogP contribution < -0.4 is 0 Å². The van der Waals surface area contributed by atoms with Crippen LogP contribution in [0.4, 0.5) is 4.79 Å². The molecule has 3 unspecified atom stereocenters. The molecule has 5 nitrogen and oxygen atoms in total. The van der Waals surface area contributed by atoms with Gasteiger partial charge in [0.05, 0.1) is 25.4 Å². The van der Waals surface area contributed by atoms with Crippen LogP contribution in [0.1, 0.15) is 46.5 Å². The average Bonchev–Trinajstić information content (AvgIpc) is 2.37. The molecule has 2 fully saturated rings. The summed E-state index contributed by atoms with van der Waals surface area (Å²) >= 11 is 0. The van der Waals surface area contributed by atoms with Gasteiger partial charge in [0, 0.05) is 12.5 Å². The lowest BCUT2D eigenvalue weighted by molar-refractivity contribution is -0.0731. The zero-order valence-electron chi connectivity index (χ0n) is 12.8. The van der Waals surface area contributed by atoms with Gasteiger partial charge in [0.2, 0.25) is 0 Å². The predicted molar refractivity (Wildman–Crippen MR) is 75.5 cm³/mol. The number of rotatable bonds is 1. The maximum absolute atomic E-state index is 12.3. The number of carbonyl (C=O) groups is 1. The third-order valence-corrected chi connectivity index (χ3v) is 4.07. The number of aliphatic hydroxyl groups is 1. The molecule has 1 heterocycles. The lowest BCUT2D eigenvalue weighted by Crippen LogP contribution is -2.56. The maximum Gasteiger partial charge on any atom is 0.410 e.